The molecule has 30 heavy (non-hydrogen) atoms. The summed E-state index contributed by atoms with van der Waals surface area (Å²) in [5.41, 5.74) is 1.09. The van der Waals surface area contributed by atoms with E-state index >= 15 is 0 Å². The number of benzene rings is 2. The number of aromatic nitrogens is 2. The van der Waals surface area contributed by atoms with Gasteiger partial charge in [0.05, 0.1) is 27.1 Å². The van der Waals surface area contributed by atoms with Gasteiger partial charge in [0.15, 0.2) is 11.5 Å². The second-order valence-electron chi connectivity index (χ2n) is 5.78. The molecule has 1 amide bonds. The van der Waals surface area contributed by atoms with E-state index in [9.17, 15) is 4.79 Å². The summed E-state index contributed by atoms with van der Waals surface area (Å²) in [5.74, 6) is 1.40. The maximum Gasteiger partial charge on any atom is 0.277 e. The Balaban J connectivity index is 1.68. The Morgan fingerprint density at radius 1 is 1.00 bits per heavy atom. The molecule has 0 radical (unpaired) electrons. The molecule has 8 nitrogen and oxygen atoms in total. The molecule has 0 aliphatic carbocycles. The second-order valence-corrected chi connectivity index (χ2v) is 7.58. The Bertz CT molecular complexity index is 1020. The van der Waals surface area contributed by atoms with E-state index in [1.165, 1.54) is 21.3 Å². The van der Waals surface area contributed by atoms with Crippen molar-refractivity contribution in [1.82, 2.24) is 10.2 Å². The van der Waals surface area contributed by atoms with Crippen LogP contribution in [-0.2, 0) is 4.79 Å². The number of amides is 1. The van der Waals surface area contributed by atoms with Crippen molar-refractivity contribution >= 4 is 46.6 Å². The third-order valence-corrected chi connectivity index (χ3v) is 5.05. The first-order valence-electron chi connectivity index (χ1n) is 8.46. The van der Waals surface area contributed by atoms with Crippen LogP contribution < -0.4 is 19.5 Å². The van der Waals surface area contributed by atoms with Crippen LogP contribution in [0.5, 0.6) is 17.2 Å². The zero-order valence-electron chi connectivity index (χ0n) is 16.2. The van der Waals surface area contributed by atoms with Gasteiger partial charge in [0.2, 0.25) is 17.5 Å². The fourth-order valence-electron chi connectivity index (χ4n) is 2.54. The predicted octanol–water partition coefficient (Wildman–Crippen LogP) is 4.80. The van der Waals surface area contributed by atoms with Crippen LogP contribution in [0.1, 0.15) is 0 Å². The lowest BCUT2D eigenvalue weighted by atomic mass is 10.2. The molecule has 3 rings (SSSR count). The van der Waals surface area contributed by atoms with Gasteiger partial charge in [-0.2, -0.15) is 0 Å². The number of hydrogen-bond acceptors (Lipinski definition) is 8. The molecule has 0 fully saturated rings. The van der Waals surface area contributed by atoms with Crippen molar-refractivity contribution < 1.29 is 23.4 Å². The van der Waals surface area contributed by atoms with Gasteiger partial charge >= 0.3 is 0 Å². The number of hydrogen-bond donors (Lipinski definition) is 1. The highest BCUT2D eigenvalue weighted by Crippen LogP contribution is 2.41. The molecule has 2 aromatic carbocycles. The van der Waals surface area contributed by atoms with Crippen molar-refractivity contribution in [3.8, 4) is 28.7 Å². The molecule has 0 unspecified atom stereocenters. The van der Waals surface area contributed by atoms with Crippen LogP contribution in [0, 0.1) is 0 Å². The fourth-order valence-corrected chi connectivity index (χ4v) is 3.63. The molecule has 0 spiro atoms. The molecule has 11 heteroatoms. The lowest BCUT2D eigenvalue weighted by Gasteiger charge is -2.12. The first-order valence-corrected chi connectivity index (χ1v) is 10.2. The minimum absolute atomic E-state index is 0.0566. The number of rotatable bonds is 8. The van der Waals surface area contributed by atoms with Crippen LogP contribution in [0.4, 0.5) is 5.69 Å². The average Bonchev–Trinajstić information content (AvgIpc) is 3.19. The molecule has 0 aliphatic heterocycles. The van der Waals surface area contributed by atoms with Gasteiger partial charge in [-0.3, -0.25) is 4.79 Å². The SMILES string of the molecule is COc1cc(-c2nnc(SCC(=O)Nc3cc(Cl)cc(Cl)c3)o2)cc(OC)c1OC. The summed E-state index contributed by atoms with van der Waals surface area (Å²) in [6, 6.07) is 8.17. The van der Waals surface area contributed by atoms with E-state index in [-0.39, 0.29) is 22.8 Å². The Hall–Kier alpha value is -2.62. The number of ether oxygens (including phenoxy) is 3. The number of halogens is 2. The second kappa shape index (κ2) is 9.92. The number of methoxy groups -OCH3 is 3. The van der Waals surface area contributed by atoms with Crippen molar-refractivity contribution in [2.45, 2.75) is 5.22 Å². The third-order valence-electron chi connectivity index (χ3n) is 3.79. The molecule has 0 aliphatic rings. The monoisotopic (exact) mass is 469 g/mol. The van der Waals surface area contributed by atoms with E-state index in [1.807, 2.05) is 0 Å². The van der Waals surface area contributed by atoms with Crippen LogP contribution in [0.3, 0.4) is 0 Å². The zero-order chi connectivity index (χ0) is 21.7. The maximum absolute atomic E-state index is 12.2. The van der Waals surface area contributed by atoms with Gasteiger partial charge < -0.3 is 23.9 Å². The summed E-state index contributed by atoms with van der Waals surface area (Å²) in [6.07, 6.45) is 0. The number of carbonyl (C=O) groups excluding carboxylic acids is 1. The molecule has 0 atom stereocenters. The smallest absolute Gasteiger partial charge is 0.277 e. The maximum atomic E-state index is 12.2. The summed E-state index contributed by atoms with van der Waals surface area (Å²) < 4.78 is 21.6. The van der Waals surface area contributed by atoms with Crippen molar-refractivity contribution in [3.05, 3.63) is 40.4 Å². The Morgan fingerprint density at radius 3 is 2.20 bits per heavy atom. The molecular formula is C19H17Cl2N3O5S. The predicted molar refractivity (Wildman–Crippen MR) is 115 cm³/mol. The van der Waals surface area contributed by atoms with E-state index in [4.69, 9.17) is 41.8 Å². The highest BCUT2D eigenvalue weighted by Gasteiger charge is 2.18. The highest BCUT2D eigenvalue weighted by atomic mass is 35.5. The van der Waals surface area contributed by atoms with Gasteiger partial charge in [-0.1, -0.05) is 35.0 Å². The van der Waals surface area contributed by atoms with Crippen molar-refractivity contribution in [2.75, 3.05) is 32.4 Å². The lowest BCUT2D eigenvalue weighted by molar-refractivity contribution is -0.113. The Labute approximate surface area is 186 Å². The molecule has 1 aromatic heterocycles. The van der Waals surface area contributed by atoms with Crippen LogP contribution in [-0.4, -0.2) is 43.2 Å². The largest absolute Gasteiger partial charge is 0.493 e. The van der Waals surface area contributed by atoms with E-state index in [0.717, 1.165) is 11.8 Å². The molecule has 0 bridgehead atoms. The average molecular weight is 470 g/mol. The molecule has 0 saturated heterocycles. The molecule has 1 N–H and O–H groups in total. The van der Waals surface area contributed by atoms with Gasteiger partial charge in [-0.25, -0.2) is 0 Å². The molecule has 3 aromatic rings. The van der Waals surface area contributed by atoms with E-state index < -0.39 is 0 Å². The van der Waals surface area contributed by atoms with Gasteiger partial charge in [-0.05, 0) is 30.3 Å². The summed E-state index contributed by atoms with van der Waals surface area (Å²) in [4.78, 5) is 12.2. The quantitative estimate of drug-likeness (QED) is 0.469. The third kappa shape index (κ3) is 5.29. The van der Waals surface area contributed by atoms with E-state index in [2.05, 4.69) is 15.5 Å². The van der Waals surface area contributed by atoms with Crippen molar-refractivity contribution in [2.24, 2.45) is 0 Å². The minimum atomic E-state index is -0.272. The Morgan fingerprint density at radius 2 is 1.63 bits per heavy atom. The number of thioether (sulfide) groups is 1. The zero-order valence-corrected chi connectivity index (χ0v) is 18.5. The fraction of sp³-hybridized carbons (Fsp3) is 0.211. The summed E-state index contributed by atoms with van der Waals surface area (Å²) >= 11 is 13.0. The molecular weight excluding hydrogens is 453 g/mol. The molecule has 1 heterocycles. The first-order chi connectivity index (χ1) is 14.4. The van der Waals surface area contributed by atoms with Crippen LogP contribution in [0.15, 0.2) is 40.0 Å². The number of anilines is 1. The number of nitrogens with zero attached hydrogens (tertiary/aromatic N) is 2. The van der Waals surface area contributed by atoms with Gasteiger partial charge in [0.1, 0.15) is 0 Å². The number of carbonyl (C=O) groups is 1. The van der Waals surface area contributed by atoms with Crippen molar-refractivity contribution in [1.29, 1.82) is 0 Å². The highest BCUT2D eigenvalue weighted by molar-refractivity contribution is 7.99. The van der Waals surface area contributed by atoms with Gasteiger partial charge in [0.25, 0.3) is 5.22 Å². The topological polar surface area (TPSA) is 95.7 Å². The van der Waals surface area contributed by atoms with Crippen LogP contribution in [0.25, 0.3) is 11.5 Å². The van der Waals surface area contributed by atoms with E-state index in [1.54, 1.807) is 30.3 Å². The normalized spacial score (nSPS) is 10.6. The molecule has 0 saturated carbocycles. The molecule has 158 valence electrons. The van der Waals surface area contributed by atoms with Gasteiger partial charge in [-0.15, -0.1) is 10.2 Å². The number of nitrogens with one attached hydrogen (secondary N) is 1. The van der Waals surface area contributed by atoms with Gasteiger partial charge in [0, 0.05) is 21.3 Å². The van der Waals surface area contributed by atoms with Crippen LogP contribution >= 0.6 is 35.0 Å². The Kier molecular flexibility index (Phi) is 7.30. The summed E-state index contributed by atoms with van der Waals surface area (Å²) in [7, 11) is 4.55. The standard InChI is InChI=1S/C19H17Cl2N3O5S/c1-26-14-4-10(5-15(27-2)17(14)28-3)18-23-24-19(29-18)30-9-16(25)22-13-7-11(20)6-12(21)8-13/h4-8H,9H2,1-3H3,(H,22,25). The van der Waals surface area contributed by atoms with Crippen LogP contribution in [0.2, 0.25) is 10.0 Å². The lowest BCUT2D eigenvalue weighted by Crippen LogP contribution is -2.13. The minimum Gasteiger partial charge on any atom is -0.493 e. The van der Waals surface area contributed by atoms with Crippen molar-refractivity contribution in [3.63, 3.8) is 0 Å². The first kappa shape index (κ1) is 22.1. The summed E-state index contributed by atoms with van der Waals surface area (Å²) in [6.45, 7) is 0. The summed E-state index contributed by atoms with van der Waals surface area (Å²) in [5, 5.41) is 11.8. The van der Waals surface area contributed by atoms with E-state index in [0.29, 0.717) is 38.5 Å².